The van der Waals surface area contributed by atoms with Gasteiger partial charge in [-0.05, 0) is 62.2 Å². The summed E-state index contributed by atoms with van der Waals surface area (Å²) < 4.78 is 5.84. The molecule has 1 atom stereocenters. The lowest BCUT2D eigenvalue weighted by atomic mass is 9.94. The third kappa shape index (κ3) is 4.24. The zero-order valence-corrected chi connectivity index (χ0v) is 20.8. The van der Waals surface area contributed by atoms with Gasteiger partial charge in [0.05, 0.1) is 11.6 Å². The van der Waals surface area contributed by atoms with E-state index in [1.54, 1.807) is 11.8 Å². The zero-order valence-electron chi connectivity index (χ0n) is 19.1. The monoisotopic (exact) mass is 484 g/mol. The van der Waals surface area contributed by atoms with Gasteiger partial charge >= 0.3 is 0 Å². The Bertz CT molecular complexity index is 1350. The fraction of sp³-hybridized carbons (Fsp3) is 0.148. The van der Waals surface area contributed by atoms with Crippen molar-refractivity contribution in [2.45, 2.75) is 24.8 Å². The maximum Gasteiger partial charge on any atom is 0.258 e. The number of hydrogen-bond donors (Lipinski definition) is 1. The highest BCUT2D eigenvalue weighted by Crippen LogP contribution is 2.39. The van der Waals surface area contributed by atoms with Crippen LogP contribution in [0.25, 0.3) is 17.0 Å². The standard InChI is InChI=1S/C27H24N4OS2/c1-17-9-11-20(12-10-17)25-29-26(32-30-25)23-18(2)31(21-7-5-4-6-8-21)27(33)28-24(23)19-13-15-22(34-3)16-14-19/h4-16,24H,1-3H3,(H,28,33). The first-order valence-electron chi connectivity index (χ1n) is 11.0. The highest BCUT2D eigenvalue weighted by Gasteiger charge is 2.34. The largest absolute Gasteiger partial charge is 0.351 e. The van der Waals surface area contributed by atoms with Crippen molar-refractivity contribution >= 4 is 40.4 Å². The zero-order chi connectivity index (χ0) is 23.7. The molecular formula is C27H24N4OS2. The molecule has 0 spiro atoms. The fourth-order valence-electron chi connectivity index (χ4n) is 4.11. The molecule has 0 fully saturated rings. The topological polar surface area (TPSA) is 54.2 Å². The van der Waals surface area contributed by atoms with Gasteiger partial charge in [0.15, 0.2) is 5.11 Å². The summed E-state index contributed by atoms with van der Waals surface area (Å²) in [6, 6.07) is 26.4. The van der Waals surface area contributed by atoms with Gasteiger partial charge in [-0.15, -0.1) is 11.8 Å². The second-order valence-corrected chi connectivity index (χ2v) is 9.38. The molecule has 170 valence electrons. The number of para-hydroxylation sites is 1. The summed E-state index contributed by atoms with van der Waals surface area (Å²) in [7, 11) is 0. The van der Waals surface area contributed by atoms with E-state index in [2.05, 4.69) is 54.8 Å². The Morgan fingerprint density at radius 3 is 2.32 bits per heavy atom. The van der Waals surface area contributed by atoms with Crippen molar-refractivity contribution in [1.29, 1.82) is 0 Å². The van der Waals surface area contributed by atoms with Gasteiger partial charge in [0.1, 0.15) is 0 Å². The molecule has 0 bridgehead atoms. The number of nitrogens with zero attached hydrogens (tertiary/aromatic N) is 3. The van der Waals surface area contributed by atoms with E-state index in [-0.39, 0.29) is 6.04 Å². The predicted molar refractivity (Wildman–Crippen MR) is 143 cm³/mol. The van der Waals surface area contributed by atoms with Gasteiger partial charge < -0.3 is 9.84 Å². The summed E-state index contributed by atoms with van der Waals surface area (Å²) in [6.07, 6.45) is 2.07. The van der Waals surface area contributed by atoms with E-state index in [9.17, 15) is 0 Å². The summed E-state index contributed by atoms with van der Waals surface area (Å²) in [5.41, 5.74) is 6.01. The maximum atomic E-state index is 5.84. The number of allylic oxidation sites excluding steroid dienone is 1. The first-order valence-corrected chi connectivity index (χ1v) is 12.6. The van der Waals surface area contributed by atoms with Gasteiger partial charge in [-0.2, -0.15) is 4.98 Å². The minimum absolute atomic E-state index is 0.213. The minimum atomic E-state index is -0.213. The fourth-order valence-corrected chi connectivity index (χ4v) is 4.88. The highest BCUT2D eigenvalue weighted by molar-refractivity contribution is 7.98. The van der Waals surface area contributed by atoms with Crippen LogP contribution in [-0.2, 0) is 0 Å². The Morgan fingerprint density at radius 2 is 1.65 bits per heavy atom. The smallest absolute Gasteiger partial charge is 0.258 e. The summed E-state index contributed by atoms with van der Waals surface area (Å²) >= 11 is 7.53. The van der Waals surface area contributed by atoms with Crippen molar-refractivity contribution in [3.63, 3.8) is 0 Å². The number of rotatable bonds is 5. The molecule has 5 nitrogen and oxygen atoms in total. The van der Waals surface area contributed by atoms with E-state index in [4.69, 9.17) is 21.7 Å². The summed E-state index contributed by atoms with van der Waals surface area (Å²) in [4.78, 5) is 8.02. The Morgan fingerprint density at radius 1 is 0.941 bits per heavy atom. The van der Waals surface area contributed by atoms with Crippen molar-refractivity contribution < 1.29 is 4.52 Å². The molecule has 5 rings (SSSR count). The third-order valence-electron chi connectivity index (χ3n) is 5.91. The molecule has 1 unspecified atom stereocenters. The van der Waals surface area contributed by atoms with E-state index in [1.165, 1.54) is 10.5 Å². The number of nitrogens with one attached hydrogen (secondary N) is 1. The number of thioether (sulfide) groups is 1. The number of thiocarbonyl (C=S) groups is 1. The quantitative estimate of drug-likeness (QED) is 0.252. The predicted octanol–water partition coefficient (Wildman–Crippen LogP) is 6.63. The molecule has 1 aromatic heterocycles. The number of anilines is 1. The van der Waals surface area contributed by atoms with Crippen LogP contribution in [0.15, 0.2) is 94.0 Å². The van der Waals surface area contributed by atoms with Crippen molar-refractivity contribution in [2.24, 2.45) is 0 Å². The van der Waals surface area contributed by atoms with E-state index < -0.39 is 0 Å². The number of aryl methyl sites for hydroxylation is 1. The molecule has 0 amide bonds. The maximum absolute atomic E-state index is 5.84. The van der Waals surface area contributed by atoms with Gasteiger partial charge in [-0.3, -0.25) is 4.90 Å². The first kappa shape index (κ1) is 22.4. The number of hydrogen-bond acceptors (Lipinski definition) is 5. The van der Waals surface area contributed by atoms with Crippen LogP contribution in [0, 0.1) is 6.92 Å². The number of benzene rings is 3. The van der Waals surface area contributed by atoms with Crippen LogP contribution in [0.5, 0.6) is 0 Å². The minimum Gasteiger partial charge on any atom is -0.351 e. The lowest BCUT2D eigenvalue weighted by Gasteiger charge is -2.37. The Kier molecular flexibility index (Phi) is 6.22. The van der Waals surface area contributed by atoms with Crippen LogP contribution < -0.4 is 10.2 Å². The lowest BCUT2D eigenvalue weighted by Crippen LogP contribution is -2.46. The van der Waals surface area contributed by atoms with E-state index in [0.29, 0.717) is 16.8 Å². The molecule has 7 heteroatoms. The summed E-state index contributed by atoms with van der Waals surface area (Å²) in [5, 5.41) is 8.44. The van der Waals surface area contributed by atoms with Crippen LogP contribution in [-0.4, -0.2) is 21.5 Å². The number of aromatic nitrogens is 2. The molecule has 0 saturated heterocycles. The average molecular weight is 485 g/mol. The average Bonchev–Trinajstić information content (AvgIpc) is 3.34. The molecule has 1 N–H and O–H groups in total. The van der Waals surface area contributed by atoms with Crippen molar-refractivity contribution in [2.75, 3.05) is 11.2 Å². The Hall–Kier alpha value is -3.42. The molecule has 0 radical (unpaired) electrons. The van der Waals surface area contributed by atoms with Gasteiger partial charge in [-0.25, -0.2) is 0 Å². The Balaban J connectivity index is 1.63. The van der Waals surface area contributed by atoms with Crippen LogP contribution in [0.1, 0.15) is 30.0 Å². The van der Waals surface area contributed by atoms with E-state index in [1.807, 2.05) is 59.5 Å². The van der Waals surface area contributed by atoms with E-state index >= 15 is 0 Å². The molecule has 34 heavy (non-hydrogen) atoms. The molecule has 0 aliphatic carbocycles. The van der Waals surface area contributed by atoms with Crippen LogP contribution in [0.4, 0.5) is 5.69 Å². The van der Waals surface area contributed by atoms with Crippen LogP contribution in [0.3, 0.4) is 0 Å². The molecule has 1 aliphatic heterocycles. The lowest BCUT2D eigenvalue weighted by molar-refractivity contribution is 0.404. The molecular weight excluding hydrogens is 460 g/mol. The molecule has 4 aromatic rings. The van der Waals surface area contributed by atoms with Gasteiger partial charge in [0.25, 0.3) is 5.89 Å². The molecule has 0 saturated carbocycles. The Labute approximate surface area is 208 Å². The van der Waals surface area contributed by atoms with E-state index in [0.717, 1.165) is 28.1 Å². The van der Waals surface area contributed by atoms with Crippen molar-refractivity contribution in [3.05, 3.63) is 102 Å². The normalized spacial score (nSPS) is 16.0. The molecule has 2 heterocycles. The first-order chi connectivity index (χ1) is 16.5. The van der Waals surface area contributed by atoms with Gasteiger partial charge in [0, 0.05) is 21.8 Å². The summed E-state index contributed by atoms with van der Waals surface area (Å²) in [6.45, 7) is 4.11. The van der Waals surface area contributed by atoms with Crippen LogP contribution >= 0.6 is 24.0 Å². The highest BCUT2D eigenvalue weighted by atomic mass is 32.2. The SMILES string of the molecule is CSc1ccc(C2NC(=S)N(c3ccccc3)C(C)=C2c2nc(-c3ccc(C)cc3)no2)cc1. The van der Waals surface area contributed by atoms with Gasteiger partial charge in [-0.1, -0.05) is 65.3 Å². The second kappa shape index (κ2) is 9.44. The summed E-state index contributed by atoms with van der Waals surface area (Å²) in [5.74, 6) is 1.04. The third-order valence-corrected chi connectivity index (χ3v) is 6.96. The second-order valence-electron chi connectivity index (χ2n) is 8.11. The molecule has 3 aromatic carbocycles. The molecule has 1 aliphatic rings. The van der Waals surface area contributed by atoms with Crippen LogP contribution in [0.2, 0.25) is 0 Å². The van der Waals surface area contributed by atoms with Crippen molar-refractivity contribution in [1.82, 2.24) is 15.5 Å². The van der Waals surface area contributed by atoms with Gasteiger partial charge in [0.2, 0.25) is 5.82 Å². The van der Waals surface area contributed by atoms with Crippen molar-refractivity contribution in [3.8, 4) is 11.4 Å².